The van der Waals surface area contributed by atoms with E-state index in [0.29, 0.717) is 36.7 Å². The minimum atomic E-state index is -0.690. The van der Waals surface area contributed by atoms with Crippen molar-refractivity contribution < 1.29 is 13.9 Å². The van der Waals surface area contributed by atoms with E-state index in [2.05, 4.69) is 46.8 Å². The molecule has 52 heavy (non-hydrogen) atoms. The van der Waals surface area contributed by atoms with Crippen LogP contribution in [0.2, 0.25) is 5.02 Å². The molecule has 4 aromatic heterocycles. The summed E-state index contributed by atoms with van der Waals surface area (Å²) in [6.45, 7) is 10.6. The summed E-state index contributed by atoms with van der Waals surface area (Å²) in [5.41, 5.74) is 10.3. The Kier molecular flexibility index (Phi) is 8.42. The highest BCUT2D eigenvalue weighted by atomic mass is 35.5. The van der Waals surface area contributed by atoms with Gasteiger partial charge in [-0.25, -0.2) is 0 Å². The van der Waals surface area contributed by atoms with Crippen molar-refractivity contribution >= 4 is 56.6 Å². The quantitative estimate of drug-likeness (QED) is 0.0877. The number of carbonyl (C=O) groups excluding carboxylic acids is 1. The van der Waals surface area contributed by atoms with Gasteiger partial charge in [-0.2, -0.15) is 5.10 Å². The fraction of sp³-hybridized carbons (Fsp3) is 0.300. The molecule has 266 valence electrons. The molecule has 0 saturated heterocycles. The summed E-state index contributed by atoms with van der Waals surface area (Å²) in [6.07, 6.45) is 2.62. The van der Waals surface area contributed by atoms with E-state index in [0.717, 1.165) is 77.5 Å². The predicted molar refractivity (Wildman–Crippen MR) is 206 cm³/mol. The Balaban J connectivity index is 1.27. The Hall–Kier alpha value is -5.06. The first-order chi connectivity index (χ1) is 25.0. The molecule has 12 heteroatoms. The van der Waals surface area contributed by atoms with E-state index in [4.69, 9.17) is 37.5 Å². The average Bonchev–Trinajstić information content (AvgIpc) is 3.90. The summed E-state index contributed by atoms with van der Waals surface area (Å²) in [7, 11) is 3.90. The highest BCUT2D eigenvalue weighted by Gasteiger charge is 2.42. The second-order valence-electron chi connectivity index (χ2n) is 13.7. The maximum absolute atomic E-state index is 15.2. The highest BCUT2D eigenvalue weighted by molar-refractivity contribution is 6.32. The van der Waals surface area contributed by atoms with Crippen LogP contribution in [0.25, 0.3) is 44.5 Å². The molecule has 0 saturated carbocycles. The zero-order chi connectivity index (χ0) is 36.6. The van der Waals surface area contributed by atoms with Gasteiger partial charge in [0, 0.05) is 46.7 Å². The fourth-order valence-electron chi connectivity index (χ4n) is 7.97. The molecule has 0 spiro atoms. The van der Waals surface area contributed by atoms with Crippen molar-refractivity contribution in [3.05, 3.63) is 99.8 Å². The standard InChI is InChI=1S/C40H39Cl2N7O3/c1-21-17-26(18-22(2)35(21)41)51-16-10-13-28-27-11-8-12-29(34-23(3)45-47(7)24(34)4)36(27)48-25(5)38(42)49(40(50)37(28)48)32-15-9-14-31-30(32)19-33(46(31)6)39-44-43-20-52-39/h8-9,11-12,14-15,17-20,25,38H,10,13,16H2,1-7H3/t25?,38-/m0/s1. The first kappa shape index (κ1) is 34.0. The normalized spacial score (nSPS) is 16.0. The number of carbonyl (C=O) groups is 1. The van der Waals surface area contributed by atoms with E-state index in [1.165, 1.54) is 6.39 Å². The van der Waals surface area contributed by atoms with E-state index < -0.39 is 5.50 Å². The van der Waals surface area contributed by atoms with Gasteiger partial charge < -0.3 is 18.3 Å². The highest BCUT2D eigenvalue weighted by Crippen LogP contribution is 2.46. The minimum Gasteiger partial charge on any atom is -0.494 e. The van der Waals surface area contributed by atoms with Crippen molar-refractivity contribution in [2.45, 2.75) is 59.0 Å². The molecule has 3 aromatic carbocycles. The predicted octanol–water partition coefficient (Wildman–Crippen LogP) is 9.27. The zero-order valence-electron chi connectivity index (χ0n) is 30.2. The molecular formula is C40H39Cl2N7O3. The van der Waals surface area contributed by atoms with Crippen molar-refractivity contribution in [2.24, 2.45) is 14.1 Å². The maximum Gasteiger partial charge on any atom is 0.276 e. The second kappa shape index (κ2) is 12.9. The second-order valence-corrected chi connectivity index (χ2v) is 14.5. The third-order valence-electron chi connectivity index (χ3n) is 10.5. The van der Waals surface area contributed by atoms with Gasteiger partial charge >= 0.3 is 0 Å². The molecule has 0 bridgehead atoms. The SMILES string of the molecule is Cc1cc(OCCCc2c3n(c4c(-c5c(C)nn(C)c5C)cccc24)C(C)[C@@H](Cl)N(c2cccc4c2cc(-c2nnco2)n4C)C3=O)cc(C)c1Cl. The molecule has 0 radical (unpaired) electrons. The number of aromatic nitrogens is 6. The van der Waals surface area contributed by atoms with Gasteiger partial charge in [0.25, 0.3) is 11.8 Å². The average molecular weight is 737 g/mol. The number of alkyl halides is 1. The molecule has 0 aliphatic carbocycles. The molecule has 2 atom stereocenters. The van der Waals surface area contributed by atoms with Crippen molar-refractivity contribution in [2.75, 3.05) is 11.5 Å². The number of rotatable bonds is 8. The van der Waals surface area contributed by atoms with Crippen LogP contribution in [0.15, 0.2) is 65.4 Å². The van der Waals surface area contributed by atoms with Crippen LogP contribution in [0.1, 0.15) is 58.0 Å². The number of nitrogens with zero attached hydrogens (tertiary/aromatic N) is 7. The van der Waals surface area contributed by atoms with Crippen molar-refractivity contribution in [1.29, 1.82) is 0 Å². The Morgan fingerprint density at radius 2 is 1.73 bits per heavy atom. The maximum atomic E-state index is 15.2. The zero-order valence-corrected chi connectivity index (χ0v) is 31.7. The summed E-state index contributed by atoms with van der Waals surface area (Å²) in [6, 6.07) is 17.9. The molecule has 8 rings (SSSR count). The summed E-state index contributed by atoms with van der Waals surface area (Å²) in [5.74, 6) is 1.02. The number of amides is 1. The molecule has 1 amide bonds. The van der Waals surface area contributed by atoms with Crippen LogP contribution in [0.4, 0.5) is 5.69 Å². The first-order valence-electron chi connectivity index (χ1n) is 17.4. The molecule has 0 N–H and O–H groups in total. The van der Waals surface area contributed by atoms with Crippen LogP contribution >= 0.6 is 23.2 Å². The number of halogens is 2. The van der Waals surface area contributed by atoms with Crippen LogP contribution in [0, 0.1) is 27.7 Å². The number of anilines is 1. The lowest BCUT2D eigenvalue weighted by Gasteiger charge is -2.39. The molecule has 5 heterocycles. The molecule has 10 nitrogen and oxygen atoms in total. The third-order valence-corrected chi connectivity index (χ3v) is 11.7. The number of aryl methyl sites for hydroxylation is 6. The number of fused-ring (bicyclic) bond motifs is 4. The van der Waals surface area contributed by atoms with E-state index in [1.807, 2.05) is 80.5 Å². The van der Waals surface area contributed by atoms with Gasteiger partial charge in [-0.3, -0.25) is 14.4 Å². The third kappa shape index (κ3) is 5.22. The van der Waals surface area contributed by atoms with Gasteiger partial charge in [-0.1, -0.05) is 47.5 Å². The van der Waals surface area contributed by atoms with E-state index in [-0.39, 0.29) is 11.9 Å². The van der Waals surface area contributed by atoms with Crippen molar-refractivity contribution in [1.82, 2.24) is 29.1 Å². The van der Waals surface area contributed by atoms with Crippen molar-refractivity contribution in [3.8, 4) is 28.5 Å². The lowest BCUT2D eigenvalue weighted by molar-refractivity contribution is 0.0951. The topological polar surface area (TPSA) is 96.1 Å². The Bertz CT molecular complexity index is 2500. The van der Waals surface area contributed by atoms with Crippen LogP contribution < -0.4 is 9.64 Å². The summed E-state index contributed by atoms with van der Waals surface area (Å²) >= 11 is 13.8. The number of para-hydroxylation sites is 1. The molecule has 1 unspecified atom stereocenters. The van der Waals surface area contributed by atoms with Gasteiger partial charge in [0.05, 0.1) is 35.1 Å². The lowest BCUT2D eigenvalue weighted by atomic mass is 9.98. The number of benzene rings is 3. The van der Waals surface area contributed by atoms with E-state index in [9.17, 15) is 0 Å². The van der Waals surface area contributed by atoms with Crippen LogP contribution in [0.3, 0.4) is 0 Å². The summed E-state index contributed by atoms with van der Waals surface area (Å²) in [4.78, 5) is 16.9. The minimum absolute atomic E-state index is 0.157. The molecule has 1 aliphatic heterocycles. The van der Waals surface area contributed by atoms with Crippen molar-refractivity contribution in [3.63, 3.8) is 0 Å². The molecule has 1 aliphatic rings. The molecular weight excluding hydrogens is 697 g/mol. The number of hydrogen-bond acceptors (Lipinski definition) is 6. The Labute approximate surface area is 311 Å². The number of hydrogen-bond donors (Lipinski definition) is 0. The van der Waals surface area contributed by atoms with Crippen LogP contribution in [0.5, 0.6) is 5.75 Å². The molecule has 0 fully saturated rings. The summed E-state index contributed by atoms with van der Waals surface area (Å²) < 4.78 is 17.9. The van der Waals surface area contributed by atoms with Gasteiger partial charge in [0.1, 0.15) is 22.6 Å². The number of ether oxygens (including phenoxy) is 1. The van der Waals surface area contributed by atoms with E-state index in [1.54, 1.807) is 4.90 Å². The lowest BCUT2D eigenvalue weighted by Crippen LogP contribution is -2.48. The smallest absolute Gasteiger partial charge is 0.276 e. The summed E-state index contributed by atoms with van der Waals surface area (Å²) in [5, 5.41) is 15.4. The van der Waals surface area contributed by atoms with Crippen LogP contribution in [-0.4, -0.2) is 47.1 Å². The first-order valence-corrected chi connectivity index (χ1v) is 18.2. The van der Waals surface area contributed by atoms with E-state index >= 15 is 4.79 Å². The van der Waals surface area contributed by atoms with Gasteiger partial charge in [0.2, 0.25) is 6.39 Å². The largest absolute Gasteiger partial charge is 0.494 e. The Morgan fingerprint density at radius 3 is 2.42 bits per heavy atom. The van der Waals surface area contributed by atoms with Gasteiger partial charge in [-0.15, -0.1) is 10.2 Å². The monoisotopic (exact) mass is 735 g/mol. The fourth-order valence-corrected chi connectivity index (χ4v) is 8.38. The Morgan fingerprint density at radius 1 is 0.981 bits per heavy atom. The van der Waals surface area contributed by atoms with Gasteiger partial charge in [0.15, 0.2) is 0 Å². The molecule has 7 aromatic rings. The van der Waals surface area contributed by atoms with Crippen LogP contribution in [-0.2, 0) is 20.5 Å². The van der Waals surface area contributed by atoms with Gasteiger partial charge in [-0.05, 0) is 94.5 Å².